The van der Waals surface area contributed by atoms with Crippen LogP contribution in [0.5, 0.6) is 0 Å². The van der Waals surface area contributed by atoms with E-state index < -0.39 is 0 Å². The van der Waals surface area contributed by atoms with Crippen LogP contribution in [0.3, 0.4) is 0 Å². The monoisotopic (exact) mass is 738 g/mol. The van der Waals surface area contributed by atoms with Crippen LogP contribution in [0.1, 0.15) is 84.6 Å². The van der Waals surface area contributed by atoms with Crippen LogP contribution in [0.25, 0.3) is 66.0 Å². The summed E-state index contributed by atoms with van der Waals surface area (Å²) >= 11 is -0.155. The van der Waals surface area contributed by atoms with Crippen molar-refractivity contribution in [1.29, 1.82) is 0 Å². The van der Waals surface area contributed by atoms with Crippen molar-refractivity contribution in [3.8, 4) is 11.3 Å². The fraction of sp³-hybridized carbons (Fsp3) is 0.304. The molecule has 0 N–H and O–H groups in total. The molecule has 8 aromatic rings. The van der Waals surface area contributed by atoms with Crippen molar-refractivity contribution in [2.75, 3.05) is 0 Å². The predicted molar refractivity (Wildman–Crippen MR) is 216 cm³/mol. The number of hydrogen-bond donors (Lipinski definition) is 0. The number of aryl methyl sites for hydroxylation is 1. The summed E-state index contributed by atoms with van der Waals surface area (Å²) < 4.78 is 15.8. The molecule has 4 aromatic heterocycles. The minimum absolute atomic E-state index is 0.0317. The SMILES string of the molecule is Cc1cc([Se]c2cc(C(C)(C)C)cc(-c3cccc(C(C)(C)C)c3)n2)nc2c1oc1cc(CC(C)(C)C)cc3oc4c5ccccc5cc2c4c13. The average Bonchev–Trinajstić information content (AvgIpc) is 3.37. The molecule has 0 aliphatic rings. The molecule has 0 aliphatic heterocycles. The number of furan rings is 1. The third-order valence-electron chi connectivity index (χ3n) is 9.83. The van der Waals surface area contributed by atoms with Gasteiger partial charge in [-0.05, 0) is 0 Å². The predicted octanol–water partition coefficient (Wildman–Crippen LogP) is 11.2. The van der Waals surface area contributed by atoms with Crippen molar-refractivity contribution in [3.63, 3.8) is 0 Å². The van der Waals surface area contributed by atoms with Crippen LogP contribution in [0.4, 0.5) is 0 Å². The van der Waals surface area contributed by atoms with Crippen LogP contribution in [-0.4, -0.2) is 24.9 Å². The molecule has 0 fully saturated rings. The maximum atomic E-state index is 6.95. The Kier molecular flexibility index (Phi) is 7.79. The molecule has 0 saturated heterocycles. The third kappa shape index (κ3) is 6.26. The van der Waals surface area contributed by atoms with Crippen LogP contribution in [0.15, 0.2) is 93.8 Å². The van der Waals surface area contributed by atoms with Crippen molar-refractivity contribution in [1.82, 2.24) is 9.97 Å². The van der Waals surface area contributed by atoms with E-state index in [1.54, 1.807) is 0 Å². The Labute approximate surface area is 306 Å². The van der Waals surface area contributed by atoms with Crippen molar-refractivity contribution in [3.05, 3.63) is 107 Å². The molecule has 0 unspecified atom stereocenters. The normalized spacial score (nSPS) is 13.1. The van der Waals surface area contributed by atoms with Crippen molar-refractivity contribution in [2.24, 2.45) is 5.41 Å². The van der Waals surface area contributed by atoms with E-state index in [9.17, 15) is 0 Å². The second-order valence-electron chi connectivity index (χ2n) is 17.5. The Morgan fingerprint density at radius 3 is 2.00 bits per heavy atom. The number of aromatic nitrogens is 2. The summed E-state index contributed by atoms with van der Waals surface area (Å²) in [6, 6.07) is 30.8. The summed E-state index contributed by atoms with van der Waals surface area (Å²) in [7, 11) is 0. The molecule has 8 rings (SSSR count). The Morgan fingerprint density at radius 1 is 0.608 bits per heavy atom. The number of pyridine rings is 2. The van der Waals surface area contributed by atoms with Gasteiger partial charge in [-0.3, -0.25) is 0 Å². The van der Waals surface area contributed by atoms with Gasteiger partial charge in [0.25, 0.3) is 0 Å². The molecule has 0 bridgehead atoms. The molecular formula is C46H46N2O2Se. The van der Waals surface area contributed by atoms with Gasteiger partial charge in [0.2, 0.25) is 0 Å². The standard InChI is InChI=1S/C46H46N2O2Se/c1-26-18-37(51-38-24-31(46(8,9)10)23-34(47-38)29-15-13-16-30(21-29)45(5,6)7)48-41-33-22-28-14-11-12-17-32(28)43-39(33)40-35(49-42(26)41)19-27(20-36(40)50-43)25-44(2,3)4/h11-24H,25H2,1-10H3. The van der Waals surface area contributed by atoms with E-state index in [1.165, 1.54) is 16.7 Å². The zero-order chi connectivity index (χ0) is 36.0. The van der Waals surface area contributed by atoms with Gasteiger partial charge < -0.3 is 0 Å². The molecule has 0 atom stereocenters. The minimum atomic E-state index is -0.155. The van der Waals surface area contributed by atoms with Crippen molar-refractivity contribution < 1.29 is 8.83 Å². The van der Waals surface area contributed by atoms with Gasteiger partial charge in [-0.2, -0.15) is 0 Å². The Morgan fingerprint density at radius 2 is 1.29 bits per heavy atom. The van der Waals surface area contributed by atoms with Gasteiger partial charge in [-0.25, -0.2) is 0 Å². The first-order valence-corrected chi connectivity index (χ1v) is 19.7. The van der Waals surface area contributed by atoms with Gasteiger partial charge in [0, 0.05) is 0 Å². The fourth-order valence-corrected chi connectivity index (χ4v) is 9.15. The third-order valence-corrected chi connectivity index (χ3v) is 11.6. The number of hydrogen-bond acceptors (Lipinski definition) is 4. The Hall–Kier alpha value is -4.44. The molecule has 0 radical (unpaired) electrons. The van der Waals surface area contributed by atoms with E-state index in [1.807, 2.05) is 0 Å². The van der Waals surface area contributed by atoms with Crippen molar-refractivity contribution in [2.45, 2.75) is 86.5 Å². The molecule has 4 aromatic carbocycles. The molecule has 0 saturated carbocycles. The summed E-state index contributed by atoms with van der Waals surface area (Å²) in [6.45, 7) is 22.6. The van der Waals surface area contributed by atoms with Gasteiger partial charge in [0.05, 0.1) is 0 Å². The molecule has 4 nitrogen and oxygen atoms in total. The molecule has 0 amide bonds. The second kappa shape index (κ2) is 11.8. The molecule has 4 heterocycles. The fourth-order valence-electron chi connectivity index (χ4n) is 7.23. The van der Waals surface area contributed by atoms with Crippen LogP contribution >= 0.6 is 0 Å². The van der Waals surface area contributed by atoms with Crippen LogP contribution in [-0.2, 0) is 17.3 Å². The first-order valence-electron chi connectivity index (χ1n) is 17.9. The first-order chi connectivity index (χ1) is 24.0. The second-order valence-corrected chi connectivity index (χ2v) is 19.7. The number of benzene rings is 4. The molecule has 51 heavy (non-hydrogen) atoms. The van der Waals surface area contributed by atoms with E-state index in [-0.39, 0.29) is 31.2 Å². The van der Waals surface area contributed by atoms with E-state index in [0.29, 0.717) is 0 Å². The molecule has 258 valence electrons. The van der Waals surface area contributed by atoms with E-state index in [0.717, 1.165) is 87.2 Å². The molecule has 5 heteroatoms. The van der Waals surface area contributed by atoms with Gasteiger partial charge in [-0.1, -0.05) is 0 Å². The van der Waals surface area contributed by atoms with Crippen LogP contribution < -0.4 is 9.18 Å². The van der Waals surface area contributed by atoms with E-state index in [4.69, 9.17) is 18.8 Å². The summed E-state index contributed by atoms with van der Waals surface area (Å²) in [4.78, 5) is 10.8. The quantitative estimate of drug-likeness (QED) is 0.169. The summed E-state index contributed by atoms with van der Waals surface area (Å²) in [5.41, 5.74) is 11.4. The average molecular weight is 738 g/mol. The molecule has 0 aliphatic carbocycles. The van der Waals surface area contributed by atoms with Gasteiger partial charge in [0.15, 0.2) is 0 Å². The summed E-state index contributed by atoms with van der Waals surface area (Å²) in [5, 5.41) is 5.37. The van der Waals surface area contributed by atoms with Gasteiger partial charge >= 0.3 is 308 Å². The summed E-state index contributed by atoms with van der Waals surface area (Å²) in [6.07, 6.45) is 0.915. The van der Waals surface area contributed by atoms with Crippen LogP contribution in [0.2, 0.25) is 0 Å². The Balaban J connectivity index is 1.36. The maximum absolute atomic E-state index is 6.95. The zero-order valence-corrected chi connectivity index (χ0v) is 33.1. The summed E-state index contributed by atoms with van der Waals surface area (Å²) in [5.74, 6) is 0. The molecule has 0 spiro atoms. The topological polar surface area (TPSA) is 52.1 Å². The first kappa shape index (κ1) is 33.7. The number of nitrogens with zero attached hydrogens (tertiary/aromatic N) is 2. The van der Waals surface area contributed by atoms with Crippen LogP contribution in [0, 0.1) is 12.3 Å². The molecular weight excluding hydrogens is 691 g/mol. The number of rotatable bonds is 4. The number of fused-ring (bicyclic) bond motifs is 4. The van der Waals surface area contributed by atoms with Gasteiger partial charge in [-0.15, -0.1) is 0 Å². The zero-order valence-electron chi connectivity index (χ0n) is 31.4. The van der Waals surface area contributed by atoms with Crippen molar-refractivity contribution >= 4 is 78.9 Å². The van der Waals surface area contributed by atoms with E-state index in [2.05, 4.69) is 154 Å². The van der Waals surface area contributed by atoms with Gasteiger partial charge in [0.1, 0.15) is 0 Å². The van der Waals surface area contributed by atoms with E-state index >= 15 is 0 Å². The Bertz CT molecular complexity index is 2660.